The second-order valence-electron chi connectivity index (χ2n) is 1.29. The summed E-state index contributed by atoms with van der Waals surface area (Å²) >= 11 is 0. The maximum Gasteiger partial charge on any atom is 0.194 e. The van der Waals surface area contributed by atoms with Crippen LogP contribution < -0.4 is 0 Å². The Bertz CT molecular complexity index is 57.7. The maximum absolute atomic E-state index is 9.77. The third-order valence-electron chi connectivity index (χ3n) is 0. The van der Waals surface area contributed by atoms with E-state index in [1.165, 1.54) is 13.3 Å². The summed E-state index contributed by atoms with van der Waals surface area (Å²) in [6.07, 6.45) is 0. The molecular weight excluding hydrogens is 143 g/mol. The van der Waals surface area contributed by atoms with Crippen LogP contribution in [0.3, 0.4) is 0 Å². The van der Waals surface area contributed by atoms with Gasteiger partial charge < -0.3 is 4.89 Å². The van der Waals surface area contributed by atoms with Crippen molar-refractivity contribution in [3.05, 3.63) is 0 Å². The van der Waals surface area contributed by atoms with Crippen molar-refractivity contribution in [3.63, 3.8) is 0 Å². The molecule has 0 amide bonds. The van der Waals surface area contributed by atoms with Crippen molar-refractivity contribution in [2.75, 3.05) is 13.3 Å². The third kappa shape index (κ3) is 129. The molecule has 0 aliphatic rings. The van der Waals surface area contributed by atoms with Crippen LogP contribution in [0.2, 0.25) is 0 Å². The molecule has 1 N–H and O–H groups in total. The Labute approximate surface area is 47.9 Å². The zero-order valence-corrected chi connectivity index (χ0v) is 5.65. The molecule has 0 aromatic heterocycles. The zero-order chi connectivity index (χ0) is 4.50. The quantitative estimate of drug-likeness (QED) is 0.403. The summed E-state index contributed by atoms with van der Waals surface area (Å²) in [6, 6.07) is 0. The van der Waals surface area contributed by atoms with Crippen LogP contribution in [0.25, 0.3) is 0 Å². The first kappa shape index (κ1) is 9.86. The van der Waals surface area contributed by atoms with E-state index in [9.17, 15) is 4.57 Å². The molecule has 4 heteroatoms. The van der Waals surface area contributed by atoms with Crippen molar-refractivity contribution in [1.82, 2.24) is 0 Å². The Morgan fingerprint density at radius 2 is 1.50 bits per heavy atom. The summed E-state index contributed by atoms with van der Waals surface area (Å²) in [6.45, 7) is 2.60. The van der Waals surface area contributed by atoms with Crippen LogP contribution in [0.1, 0.15) is 0 Å². The van der Waals surface area contributed by atoms with E-state index < -0.39 is 7.37 Å². The van der Waals surface area contributed by atoms with Crippen LogP contribution in [-0.2, 0) is 21.6 Å². The van der Waals surface area contributed by atoms with Gasteiger partial charge in [0.2, 0.25) is 0 Å². The summed E-state index contributed by atoms with van der Waals surface area (Å²) in [4.78, 5) is 8.08. The fourth-order valence-electron chi connectivity index (χ4n) is 0. The molecule has 2 nitrogen and oxygen atoms in total. The fourth-order valence-corrected chi connectivity index (χ4v) is 0. The van der Waals surface area contributed by atoms with Crippen molar-refractivity contribution in [3.8, 4) is 0 Å². The monoisotopic (exact) mass is 150 g/mol. The molecule has 0 aromatic rings. The van der Waals surface area contributed by atoms with Crippen LogP contribution in [0.5, 0.6) is 0 Å². The van der Waals surface area contributed by atoms with Crippen LogP contribution in [-0.4, -0.2) is 18.2 Å². The summed E-state index contributed by atoms with van der Waals surface area (Å²) in [7, 11) is -2.64. The van der Waals surface area contributed by atoms with Gasteiger partial charge in [0.1, 0.15) is 0 Å². The maximum atomic E-state index is 9.77. The molecule has 0 aliphatic carbocycles. The minimum absolute atomic E-state index is 0. The molecule has 0 saturated carbocycles. The summed E-state index contributed by atoms with van der Waals surface area (Å²) in [5.41, 5.74) is 0. The summed E-state index contributed by atoms with van der Waals surface area (Å²) in [5.74, 6) is 0. The molecule has 0 saturated heterocycles. The molecule has 0 spiro atoms. The van der Waals surface area contributed by atoms with Crippen LogP contribution in [0, 0.1) is 0 Å². The van der Waals surface area contributed by atoms with E-state index in [2.05, 4.69) is 0 Å². The normalized spacial score (nSPS) is 9.83. The van der Waals surface area contributed by atoms with Crippen molar-refractivity contribution in [2.24, 2.45) is 0 Å². The van der Waals surface area contributed by atoms with E-state index in [1.807, 2.05) is 0 Å². The molecule has 0 atom stereocenters. The molecule has 0 radical (unpaired) electrons. The van der Waals surface area contributed by atoms with Crippen LogP contribution in [0.15, 0.2) is 0 Å². The average molecular weight is 150 g/mol. The van der Waals surface area contributed by atoms with Crippen LogP contribution in [0.4, 0.5) is 0 Å². The molecule has 40 valence electrons. The van der Waals surface area contributed by atoms with E-state index in [1.54, 1.807) is 0 Å². The summed E-state index contributed by atoms with van der Waals surface area (Å²) in [5, 5.41) is 0. The molecule has 0 aromatic carbocycles. The molecular formula is C2H7FeO2P. The molecule has 6 heavy (non-hydrogen) atoms. The Morgan fingerprint density at radius 3 is 1.50 bits per heavy atom. The van der Waals surface area contributed by atoms with E-state index >= 15 is 0 Å². The van der Waals surface area contributed by atoms with Gasteiger partial charge in [-0.05, 0) is 0 Å². The van der Waals surface area contributed by atoms with Crippen molar-refractivity contribution < 1.29 is 26.5 Å². The number of hydrogen-bond donors (Lipinski definition) is 1. The van der Waals surface area contributed by atoms with Gasteiger partial charge in [-0.15, -0.1) is 0 Å². The molecule has 0 unspecified atom stereocenters. The summed E-state index contributed by atoms with van der Waals surface area (Å²) < 4.78 is 9.77. The Morgan fingerprint density at radius 1 is 1.50 bits per heavy atom. The van der Waals surface area contributed by atoms with Gasteiger partial charge in [0.05, 0.1) is 0 Å². The van der Waals surface area contributed by atoms with Gasteiger partial charge in [0.25, 0.3) is 0 Å². The fraction of sp³-hybridized carbons (Fsp3) is 1.00. The van der Waals surface area contributed by atoms with Gasteiger partial charge in [-0.25, -0.2) is 0 Å². The van der Waals surface area contributed by atoms with E-state index in [0.717, 1.165) is 0 Å². The van der Waals surface area contributed by atoms with Gasteiger partial charge in [-0.3, -0.25) is 4.57 Å². The predicted molar refractivity (Wildman–Crippen MR) is 21.7 cm³/mol. The average Bonchev–Trinajstić information content (AvgIpc) is 0.722. The van der Waals surface area contributed by atoms with Crippen LogP contribution >= 0.6 is 7.37 Å². The SMILES string of the molecule is CP(C)(=O)O.[Fe]. The standard InChI is InChI=1S/C2H7O2P.Fe/c1-5(2,3)4;/h1-2H3,(H,3,4);. The number of rotatable bonds is 0. The van der Waals surface area contributed by atoms with E-state index in [4.69, 9.17) is 4.89 Å². The first-order chi connectivity index (χ1) is 2.00. The largest absolute Gasteiger partial charge is 0.345 e. The zero-order valence-electron chi connectivity index (χ0n) is 3.66. The smallest absolute Gasteiger partial charge is 0.194 e. The second-order valence-corrected chi connectivity index (χ2v) is 3.88. The van der Waals surface area contributed by atoms with E-state index in [-0.39, 0.29) is 17.1 Å². The number of hydrogen-bond acceptors (Lipinski definition) is 1. The van der Waals surface area contributed by atoms with Crippen molar-refractivity contribution in [2.45, 2.75) is 0 Å². The Kier molecular flexibility index (Phi) is 4.62. The topological polar surface area (TPSA) is 37.3 Å². The first-order valence-corrected chi connectivity index (χ1v) is 3.83. The van der Waals surface area contributed by atoms with Gasteiger partial charge in [-0.1, -0.05) is 0 Å². The minimum Gasteiger partial charge on any atom is -0.345 e. The molecule has 0 aliphatic heterocycles. The molecule has 0 bridgehead atoms. The molecule has 0 heterocycles. The Balaban J connectivity index is 0. The third-order valence-corrected chi connectivity index (χ3v) is 0. The van der Waals surface area contributed by atoms with Gasteiger partial charge in [0, 0.05) is 30.4 Å². The van der Waals surface area contributed by atoms with Crippen molar-refractivity contribution >= 4 is 7.37 Å². The van der Waals surface area contributed by atoms with Gasteiger partial charge in [0.15, 0.2) is 7.37 Å². The van der Waals surface area contributed by atoms with Crippen molar-refractivity contribution in [1.29, 1.82) is 0 Å². The molecule has 0 rings (SSSR count). The molecule has 0 fully saturated rings. The second kappa shape index (κ2) is 2.81. The Hall–Kier alpha value is 0.709. The first-order valence-electron chi connectivity index (χ1n) is 1.28. The minimum atomic E-state index is -2.64. The van der Waals surface area contributed by atoms with Gasteiger partial charge >= 0.3 is 0 Å². The predicted octanol–water partition coefficient (Wildman–Crippen LogP) is 0.514. The van der Waals surface area contributed by atoms with Gasteiger partial charge in [-0.2, -0.15) is 0 Å². The van der Waals surface area contributed by atoms with E-state index in [0.29, 0.717) is 0 Å².